The van der Waals surface area contributed by atoms with Crippen molar-refractivity contribution in [2.45, 2.75) is 24.5 Å². The SMILES string of the molecule is C[N+](C)(C)CC(O)(CC(=O)O)CC1CO1. The fourth-order valence-corrected chi connectivity index (χ4v) is 1.97. The molecule has 0 radical (unpaired) electrons. The zero-order chi connectivity index (χ0) is 11.7. The van der Waals surface area contributed by atoms with Gasteiger partial charge in [-0.15, -0.1) is 0 Å². The number of carbonyl (C=O) groups is 1. The van der Waals surface area contributed by atoms with Gasteiger partial charge in [0.05, 0.1) is 40.3 Å². The summed E-state index contributed by atoms with van der Waals surface area (Å²) in [6.07, 6.45) is 0.234. The molecule has 15 heavy (non-hydrogen) atoms. The van der Waals surface area contributed by atoms with Crippen molar-refractivity contribution in [1.29, 1.82) is 0 Å². The third kappa shape index (κ3) is 5.11. The standard InChI is InChI=1S/C10H19NO4/c1-11(2,3)7-10(14,5-9(12)13)4-8-6-15-8/h8,14H,4-7H2,1-3H3/p+1. The second kappa shape index (κ2) is 4.08. The maximum Gasteiger partial charge on any atom is 0.306 e. The lowest BCUT2D eigenvalue weighted by Gasteiger charge is -2.34. The molecular formula is C10H20NO4+. The normalized spacial score (nSPS) is 24.7. The molecule has 0 aromatic rings. The van der Waals surface area contributed by atoms with Crippen LogP contribution in [0.25, 0.3) is 0 Å². The van der Waals surface area contributed by atoms with Gasteiger partial charge < -0.3 is 19.4 Å². The molecule has 1 saturated heterocycles. The molecule has 5 heteroatoms. The van der Waals surface area contributed by atoms with Crippen LogP contribution in [-0.2, 0) is 9.53 Å². The van der Waals surface area contributed by atoms with E-state index in [1.54, 1.807) is 0 Å². The van der Waals surface area contributed by atoms with E-state index in [1.807, 2.05) is 21.1 Å². The highest BCUT2D eigenvalue weighted by Gasteiger charge is 2.41. The lowest BCUT2D eigenvalue weighted by molar-refractivity contribution is -0.877. The van der Waals surface area contributed by atoms with Crippen molar-refractivity contribution in [3.8, 4) is 0 Å². The molecule has 1 aliphatic heterocycles. The number of hydrogen-bond acceptors (Lipinski definition) is 3. The molecule has 0 aromatic carbocycles. The summed E-state index contributed by atoms with van der Waals surface area (Å²) in [5, 5.41) is 19.0. The Kier molecular flexibility index (Phi) is 3.38. The molecule has 0 bridgehead atoms. The van der Waals surface area contributed by atoms with E-state index in [0.29, 0.717) is 24.1 Å². The Morgan fingerprint density at radius 3 is 2.40 bits per heavy atom. The Morgan fingerprint density at radius 2 is 2.07 bits per heavy atom. The first-order valence-electron chi connectivity index (χ1n) is 5.06. The molecule has 1 fully saturated rings. The summed E-state index contributed by atoms with van der Waals surface area (Å²) < 4.78 is 5.58. The topological polar surface area (TPSA) is 70.1 Å². The summed E-state index contributed by atoms with van der Waals surface area (Å²) in [6, 6.07) is 0. The monoisotopic (exact) mass is 218 g/mol. The van der Waals surface area contributed by atoms with Gasteiger partial charge in [0.2, 0.25) is 0 Å². The number of nitrogens with zero attached hydrogens (tertiary/aromatic N) is 1. The Bertz CT molecular complexity index is 244. The number of likely N-dealkylation sites (N-methyl/N-ethyl adjacent to an activating group) is 1. The first-order valence-corrected chi connectivity index (χ1v) is 5.06. The Morgan fingerprint density at radius 1 is 1.53 bits per heavy atom. The van der Waals surface area contributed by atoms with Crippen LogP contribution < -0.4 is 0 Å². The number of rotatable bonds is 6. The van der Waals surface area contributed by atoms with Crippen molar-refractivity contribution in [3.63, 3.8) is 0 Å². The molecule has 1 heterocycles. The van der Waals surface area contributed by atoms with Crippen molar-refractivity contribution in [2.75, 3.05) is 34.3 Å². The number of hydrogen-bond donors (Lipinski definition) is 2. The molecule has 0 saturated carbocycles. The highest BCUT2D eigenvalue weighted by atomic mass is 16.6. The van der Waals surface area contributed by atoms with Gasteiger partial charge >= 0.3 is 5.97 Å². The van der Waals surface area contributed by atoms with Gasteiger partial charge in [0, 0.05) is 6.42 Å². The third-order valence-electron chi connectivity index (χ3n) is 2.26. The van der Waals surface area contributed by atoms with Gasteiger partial charge in [-0.3, -0.25) is 4.79 Å². The zero-order valence-corrected chi connectivity index (χ0v) is 9.56. The number of epoxide rings is 1. The van der Waals surface area contributed by atoms with Gasteiger partial charge in [-0.1, -0.05) is 0 Å². The Hall–Kier alpha value is -0.650. The lowest BCUT2D eigenvalue weighted by atomic mass is 9.92. The number of aliphatic carboxylic acids is 1. The third-order valence-corrected chi connectivity index (χ3v) is 2.26. The van der Waals surface area contributed by atoms with E-state index in [4.69, 9.17) is 9.84 Å². The van der Waals surface area contributed by atoms with Crippen LogP contribution in [0.1, 0.15) is 12.8 Å². The Labute approximate surface area is 89.9 Å². The average molecular weight is 218 g/mol. The minimum absolute atomic E-state index is 0.0425. The summed E-state index contributed by atoms with van der Waals surface area (Å²) in [5.74, 6) is -0.966. The van der Waals surface area contributed by atoms with Gasteiger partial charge in [0.15, 0.2) is 0 Å². The summed E-state index contributed by atoms with van der Waals surface area (Å²) in [5.41, 5.74) is -1.16. The van der Waals surface area contributed by atoms with Crippen LogP contribution in [0.3, 0.4) is 0 Å². The molecule has 2 atom stereocenters. The maximum absolute atomic E-state index is 10.7. The predicted octanol–water partition coefficient (Wildman–Crippen LogP) is -0.313. The van der Waals surface area contributed by atoms with Gasteiger partial charge in [-0.2, -0.15) is 0 Å². The number of quaternary nitrogens is 1. The molecule has 88 valence electrons. The number of ether oxygens (including phenoxy) is 1. The second-order valence-corrected chi connectivity index (χ2v) is 5.40. The predicted molar refractivity (Wildman–Crippen MR) is 54.5 cm³/mol. The number of carboxylic acids is 1. The second-order valence-electron chi connectivity index (χ2n) is 5.40. The van der Waals surface area contributed by atoms with Crippen LogP contribution in [0.2, 0.25) is 0 Å². The smallest absolute Gasteiger partial charge is 0.306 e. The largest absolute Gasteiger partial charge is 0.481 e. The van der Waals surface area contributed by atoms with Crippen LogP contribution in [-0.4, -0.2) is 66.7 Å². The molecule has 0 spiro atoms. The van der Waals surface area contributed by atoms with Crippen LogP contribution in [0, 0.1) is 0 Å². The first kappa shape index (κ1) is 12.4. The quantitative estimate of drug-likeness (QED) is 0.474. The zero-order valence-electron chi connectivity index (χ0n) is 9.56. The van der Waals surface area contributed by atoms with Gasteiger partial charge in [-0.25, -0.2) is 0 Å². The van der Waals surface area contributed by atoms with Crippen LogP contribution in [0.5, 0.6) is 0 Å². The van der Waals surface area contributed by atoms with E-state index >= 15 is 0 Å². The number of aliphatic hydroxyl groups is 1. The van der Waals surface area contributed by atoms with Gasteiger partial charge in [0.25, 0.3) is 0 Å². The van der Waals surface area contributed by atoms with Crippen LogP contribution >= 0.6 is 0 Å². The Balaban J connectivity index is 2.60. The average Bonchev–Trinajstić information content (AvgIpc) is 2.62. The highest BCUT2D eigenvalue weighted by Crippen LogP contribution is 2.27. The van der Waals surface area contributed by atoms with Crippen LogP contribution in [0.15, 0.2) is 0 Å². The molecule has 1 rings (SSSR count). The van der Waals surface area contributed by atoms with E-state index in [-0.39, 0.29) is 12.5 Å². The summed E-state index contributed by atoms with van der Waals surface area (Å²) in [4.78, 5) is 10.7. The summed E-state index contributed by atoms with van der Waals surface area (Å²) >= 11 is 0. The molecule has 1 aliphatic rings. The summed E-state index contributed by atoms with van der Waals surface area (Å²) in [7, 11) is 5.79. The fourth-order valence-electron chi connectivity index (χ4n) is 1.97. The minimum atomic E-state index is -1.16. The van der Waals surface area contributed by atoms with Crippen molar-refractivity contribution < 1.29 is 24.2 Å². The molecule has 0 aliphatic carbocycles. The van der Waals surface area contributed by atoms with E-state index < -0.39 is 11.6 Å². The molecular weight excluding hydrogens is 198 g/mol. The maximum atomic E-state index is 10.7. The summed E-state index contributed by atoms with van der Waals surface area (Å²) in [6.45, 7) is 1.05. The van der Waals surface area contributed by atoms with Crippen molar-refractivity contribution in [1.82, 2.24) is 0 Å². The fraction of sp³-hybridized carbons (Fsp3) is 0.900. The molecule has 2 N–H and O–H groups in total. The number of carboxylic acid groups (broad SMARTS) is 1. The molecule has 0 aromatic heterocycles. The highest BCUT2D eigenvalue weighted by molar-refractivity contribution is 5.68. The first-order chi connectivity index (χ1) is 6.70. The molecule has 0 amide bonds. The van der Waals surface area contributed by atoms with Crippen LogP contribution in [0.4, 0.5) is 0 Å². The lowest BCUT2D eigenvalue weighted by Crippen LogP contribution is -2.51. The van der Waals surface area contributed by atoms with Gasteiger partial charge in [-0.05, 0) is 0 Å². The van der Waals surface area contributed by atoms with E-state index in [9.17, 15) is 9.90 Å². The van der Waals surface area contributed by atoms with Crippen molar-refractivity contribution >= 4 is 5.97 Å². The van der Waals surface area contributed by atoms with E-state index in [1.165, 1.54) is 0 Å². The van der Waals surface area contributed by atoms with E-state index in [0.717, 1.165) is 0 Å². The van der Waals surface area contributed by atoms with Gasteiger partial charge in [0.1, 0.15) is 12.1 Å². The van der Waals surface area contributed by atoms with E-state index in [2.05, 4.69) is 0 Å². The van der Waals surface area contributed by atoms with Crippen molar-refractivity contribution in [3.05, 3.63) is 0 Å². The van der Waals surface area contributed by atoms with Crippen molar-refractivity contribution in [2.24, 2.45) is 0 Å². The molecule has 2 unspecified atom stereocenters. The minimum Gasteiger partial charge on any atom is -0.481 e. The molecule has 5 nitrogen and oxygen atoms in total.